The first-order chi connectivity index (χ1) is 18.4. The summed E-state index contributed by atoms with van der Waals surface area (Å²) in [5.41, 5.74) is -3.11. The van der Waals surface area contributed by atoms with E-state index in [0.29, 0.717) is 23.5 Å². The van der Waals surface area contributed by atoms with Gasteiger partial charge in [-0.3, -0.25) is 9.59 Å². The molecular weight excluding hydrogens is 538 g/mol. The number of aromatic nitrogens is 2. The third-order valence-corrected chi connectivity index (χ3v) is 5.79. The van der Waals surface area contributed by atoms with Crippen LogP contribution in [0.3, 0.4) is 0 Å². The average Bonchev–Trinajstić information content (AvgIpc) is 3.26. The molecule has 0 aliphatic carbocycles. The summed E-state index contributed by atoms with van der Waals surface area (Å²) >= 11 is 0. The summed E-state index contributed by atoms with van der Waals surface area (Å²) in [6.07, 6.45) is -10.2. The molecule has 0 bridgehead atoms. The summed E-state index contributed by atoms with van der Waals surface area (Å²) in [4.78, 5) is 27.3. The normalized spacial score (nSPS) is 12.5. The van der Waals surface area contributed by atoms with Gasteiger partial charge in [-0.2, -0.15) is 31.4 Å². The Balaban J connectivity index is 1.95. The van der Waals surface area contributed by atoms with E-state index in [1.54, 1.807) is 44.2 Å². The second kappa shape index (κ2) is 11.3. The largest absolute Gasteiger partial charge is 0.416 e. The molecule has 2 amide bonds. The molecule has 0 aliphatic rings. The molecular formula is C28H30F6N4O2. The van der Waals surface area contributed by atoms with Crippen molar-refractivity contribution in [3.05, 3.63) is 77.0 Å². The van der Waals surface area contributed by atoms with E-state index < -0.39 is 47.4 Å². The molecule has 0 spiro atoms. The first-order valence-electron chi connectivity index (χ1n) is 12.4. The summed E-state index contributed by atoms with van der Waals surface area (Å²) in [5.74, 6) is -1.79. The van der Waals surface area contributed by atoms with Gasteiger partial charge in [-0.1, -0.05) is 52.8 Å². The quantitative estimate of drug-likeness (QED) is 0.314. The van der Waals surface area contributed by atoms with Crippen molar-refractivity contribution >= 4 is 17.6 Å². The molecule has 3 aromatic rings. The highest BCUT2D eigenvalue weighted by molar-refractivity contribution is 5.99. The Bertz CT molecular complexity index is 1320. The molecule has 0 saturated carbocycles. The zero-order chi connectivity index (χ0) is 30.0. The fourth-order valence-corrected chi connectivity index (χ4v) is 3.88. The van der Waals surface area contributed by atoms with Crippen LogP contribution in [-0.2, 0) is 22.6 Å². The number of rotatable bonds is 7. The smallest absolute Gasteiger partial charge is 0.329 e. The molecule has 1 heterocycles. The number of para-hydroxylation sites is 1. The van der Waals surface area contributed by atoms with Gasteiger partial charge in [0, 0.05) is 23.6 Å². The van der Waals surface area contributed by atoms with Crippen molar-refractivity contribution in [2.45, 2.75) is 52.4 Å². The fourth-order valence-electron chi connectivity index (χ4n) is 3.88. The molecule has 2 aromatic carbocycles. The van der Waals surface area contributed by atoms with Gasteiger partial charge in [-0.25, -0.2) is 4.68 Å². The van der Waals surface area contributed by atoms with Gasteiger partial charge in [-0.05, 0) is 36.2 Å². The number of nitrogens with one attached hydrogen (secondary N) is 1. The molecule has 40 heavy (non-hydrogen) atoms. The predicted octanol–water partition coefficient (Wildman–Crippen LogP) is 6.94. The zero-order valence-corrected chi connectivity index (χ0v) is 22.6. The highest BCUT2D eigenvalue weighted by Gasteiger charge is 2.38. The Labute approximate surface area is 228 Å². The van der Waals surface area contributed by atoms with Crippen molar-refractivity contribution in [2.24, 2.45) is 5.92 Å². The van der Waals surface area contributed by atoms with Crippen LogP contribution >= 0.6 is 0 Å². The number of halogens is 6. The van der Waals surface area contributed by atoms with Gasteiger partial charge >= 0.3 is 12.4 Å². The lowest BCUT2D eigenvalue weighted by molar-refractivity contribution is -0.143. The molecule has 0 unspecified atom stereocenters. The van der Waals surface area contributed by atoms with Crippen LogP contribution in [-0.4, -0.2) is 39.6 Å². The van der Waals surface area contributed by atoms with Crippen LogP contribution in [0, 0.1) is 5.92 Å². The Morgan fingerprint density at radius 3 is 1.93 bits per heavy atom. The molecule has 0 radical (unpaired) electrons. The van der Waals surface area contributed by atoms with Gasteiger partial charge in [0.15, 0.2) is 0 Å². The molecule has 6 nitrogen and oxygen atoms in total. The van der Waals surface area contributed by atoms with Gasteiger partial charge in [0.1, 0.15) is 12.4 Å². The Morgan fingerprint density at radius 1 is 0.900 bits per heavy atom. The van der Waals surface area contributed by atoms with Crippen molar-refractivity contribution in [3.63, 3.8) is 0 Å². The summed E-state index contributed by atoms with van der Waals surface area (Å²) < 4.78 is 81.7. The second-order valence-electron chi connectivity index (χ2n) is 10.8. The highest BCUT2D eigenvalue weighted by atomic mass is 19.4. The maximum absolute atomic E-state index is 13.4. The Morgan fingerprint density at radius 2 is 1.45 bits per heavy atom. The topological polar surface area (TPSA) is 67.2 Å². The number of benzene rings is 2. The number of nitrogens with zero attached hydrogens (tertiary/aromatic N) is 3. The molecule has 1 N–H and O–H groups in total. The number of alkyl halides is 6. The van der Waals surface area contributed by atoms with E-state index >= 15 is 0 Å². The molecule has 3 rings (SSSR count). The van der Waals surface area contributed by atoms with Gasteiger partial charge in [0.2, 0.25) is 5.91 Å². The van der Waals surface area contributed by atoms with E-state index in [1.807, 2.05) is 26.8 Å². The number of hydrogen-bond acceptors (Lipinski definition) is 3. The van der Waals surface area contributed by atoms with Crippen LogP contribution in [0.5, 0.6) is 0 Å². The molecule has 12 heteroatoms. The van der Waals surface area contributed by atoms with Gasteiger partial charge in [0.05, 0.1) is 22.5 Å². The summed E-state index contributed by atoms with van der Waals surface area (Å²) in [6, 6.07) is 11.3. The SMILES string of the molecule is CC(C)CN(CC(=O)Nc1cc(C(C)(C)C)nn1-c1ccccc1)C(=O)c1cc(C(F)(F)F)cc(C(F)(F)F)c1. The Hall–Kier alpha value is -3.83. The van der Waals surface area contributed by atoms with Crippen LogP contribution in [0.1, 0.15) is 61.8 Å². The first kappa shape index (κ1) is 30.7. The van der Waals surface area contributed by atoms with Gasteiger partial charge < -0.3 is 10.2 Å². The van der Waals surface area contributed by atoms with Crippen molar-refractivity contribution in [1.29, 1.82) is 0 Å². The monoisotopic (exact) mass is 568 g/mol. The van der Waals surface area contributed by atoms with Gasteiger partial charge in [0.25, 0.3) is 5.91 Å². The zero-order valence-electron chi connectivity index (χ0n) is 22.6. The van der Waals surface area contributed by atoms with Crippen molar-refractivity contribution in [2.75, 3.05) is 18.4 Å². The molecule has 0 atom stereocenters. The third-order valence-electron chi connectivity index (χ3n) is 5.79. The van der Waals surface area contributed by atoms with Crippen molar-refractivity contribution in [3.8, 4) is 5.69 Å². The lowest BCUT2D eigenvalue weighted by Crippen LogP contribution is -2.40. The van der Waals surface area contributed by atoms with Crippen molar-refractivity contribution < 1.29 is 35.9 Å². The van der Waals surface area contributed by atoms with E-state index in [4.69, 9.17) is 0 Å². The lowest BCUT2D eigenvalue weighted by atomic mass is 9.92. The Kier molecular flexibility index (Phi) is 8.71. The summed E-state index contributed by atoms with van der Waals surface area (Å²) in [6.45, 7) is 8.50. The molecule has 216 valence electrons. The van der Waals surface area contributed by atoms with Crippen LogP contribution in [0.2, 0.25) is 0 Å². The lowest BCUT2D eigenvalue weighted by Gasteiger charge is -2.25. The minimum absolute atomic E-state index is 0.0478. The molecule has 0 fully saturated rings. The van der Waals surface area contributed by atoms with E-state index in [-0.39, 0.29) is 29.8 Å². The fraction of sp³-hybridized carbons (Fsp3) is 0.393. The number of carbonyl (C=O) groups is 2. The maximum atomic E-state index is 13.4. The number of amides is 2. The molecule has 1 aromatic heterocycles. The second-order valence-corrected chi connectivity index (χ2v) is 10.8. The van der Waals surface area contributed by atoms with Crippen LogP contribution in [0.15, 0.2) is 54.6 Å². The average molecular weight is 569 g/mol. The first-order valence-corrected chi connectivity index (χ1v) is 12.4. The summed E-state index contributed by atoms with van der Waals surface area (Å²) in [5, 5.41) is 7.28. The minimum atomic E-state index is -5.11. The predicted molar refractivity (Wildman–Crippen MR) is 138 cm³/mol. The number of anilines is 1. The third kappa shape index (κ3) is 7.64. The minimum Gasteiger partial charge on any atom is -0.329 e. The maximum Gasteiger partial charge on any atom is 0.416 e. The van der Waals surface area contributed by atoms with Crippen LogP contribution in [0.4, 0.5) is 32.2 Å². The van der Waals surface area contributed by atoms with E-state index in [9.17, 15) is 35.9 Å². The molecule has 0 saturated heterocycles. The standard InChI is InChI=1S/C28H30F6N4O2/c1-17(2)15-37(25(40)18-11-19(27(29,30)31)13-20(12-18)28(32,33)34)16-24(39)35-23-14-22(26(3,4)5)36-38(23)21-9-7-6-8-10-21/h6-14,17H,15-16H2,1-5H3,(H,35,39). The van der Waals surface area contributed by atoms with Crippen molar-refractivity contribution in [1.82, 2.24) is 14.7 Å². The van der Waals surface area contributed by atoms with Gasteiger partial charge in [-0.15, -0.1) is 0 Å². The van der Waals surface area contributed by atoms with E-state index in [1.165, 1.54) is 4.68 Å². The van der Waals surface area contributed by atoms with Crippen LogP contribution in [0.25, 0.3) is 5.69 Å². The highest BCUT2D eigenvalue weighted by Crippen LogP contribution is 2.36. The van der Waals surface area contributed by atoms with Crippen LogP contribution < -0.4 is 5.32 Å². The molecule has 0 aliphatic heterocycles. The summed E-state index contributed by atoms with van der Waals surface area (Å²) in [7, 11) is 0. The number of hydrogen-bond donors (Lipinski definition) is 1. The van der Waals surface area contributed by atoms with E-state index in [2.05, 4.69) is 10.4 Å². The number of carbonyl (C=O) groups excluding carboxylic acids is 2. The van der Waals surface area contributed by atoms with E-state index in [0.717, 1.165) is 4.90 Å².